The van der Waals surface area contributed by atoms with Crippen molar-refractivity contribution in [1.82, 2.24) is 4.98 Å². The molecule has 0 spiro atoms. The lowest BCUT2D eigenvalue weighted by Crippen LogP contribution is -2.07. The molecule has 1 aromatic rings. The minimum atomic E-state index is -4.49. The van der Waals surface area contributed by atoms with E-state index in [1.165, 1.54) is 6.92 Å². The summed E-state index contributed by atoms with van der Waals surface area (Å²) in [5.41, 5.74) is -0.908. The molecule has 1 aromatic heterocycles. The SMILES string of the molecule is CC(N=O)c1ncc(C(F)(F)F)cc1Cl. The van der Waals surface area contributed by atoms with Crippen LogP contribution < -0.4 is 0 Å². The summed E-state index contributed by atoms with van der Waals surface area (Å²) in [6.45, 7) is 1.40. The number of nitrogens with zero attached hydrogens (tertiary/aromatic N) is 2. The van der Waals surface area contributed by atoms with Crippen LogP contribution in [0.25, 0.3) is 0 Å². The first kappa shape index (κ1) is 11.9. The number of pyridine rings is 1. The smallest absolute Gasteiger partial charge is 0.257 e. The second kappa shape index (κ2) is 4.14. The van der Waals surface area contributed by atoms with Gasteiger partial charge in [0.1, 0.15) is 6.04 Å². The van der Waals surface area contributed by atoms with E-state index in [-0.39, 0.29) is 10.7 Å². The third kappa shape index (κ3) is 2.65. The van der Waals surface area contributed by atoms with Gasteiger partial charge in [-0.05, 0) is 13.0 Å². The first-order chi connectivity index (χ1) is 6.86. The highest BCUT2D eigenvalue weighted by Gasteiger charge is 2.32. The van der Waals surface area contributed by atoms with Gasteiger partial charge in [0.25, 0.3) is 0 Å². The Kier molecular flexibility index (Phi) is 3.28. The second-order valence-corrected chi connectivity index (χ2v) is 3.28. The molecule has 1 unspecified atom stereocenters. The molecule has 0 aliphatic heterocycles. The van der Waals surface area contributed by atoms with Crippen molar-refractivity contribution in [3.63, 3.8) is 0 Å². The zero-order chi connectivity index (χ0) is 11.6. The van der Waals surface area contributed by atoms with Crippen LogP contribution >= 0.6 is 11.6 Å². The third-order valence-electron chi connectivity index (χ3n) is 1.75. The molecule has 0 aromatic carbocycles. The van der Waals surface area contributed by atoms with Gasteiger partial charge in [-0.3, -0.25) is 4.98 Å². The summed E-state index contributed by atoms with van der Waals surface area (Å²) in [4.78, 5) is 13.6. The number of hydrogen-bond donors (Lipinski definition) is 0. The van der Waals surface area contributed by atoms with Crippen LogP contribution in [-0.4, -0.2) is 4.98 Å². The molecule has 0 radical (unpaired) electrons. The van der Waals surface area contributed by atoms with E-state index in [1.807, 2.05) is 0 Å². The molecule has 3 nitrogen and oxygen atoms in total. The summed E-state index contributed by atoms with van der Waals surface area (Å²) in [6, 6.07) is -0.134. The molecule has 0 aliphatic carbocycles. The minimum Gasteiger partial charge on any atom is -0.257 e. The van der Waals surface area contributed by atoms with Crippen molar-refractivity contribution in [3.05, 3.63) is 33.5 Å². The Morgan fingerprint density at radius 2 is 2.13 bits per heavy atom. The lowest BCUT2D eigenvalue weighted by molar-refractivity contribution is -0.137. The van der Waals surface area contributed by atoms with Gasteiger partial charge in [-0.2, -0.15) is 18.1 Å². The van der Waals surface area contributed by atoms with Crippen molar-refractivity contribution < 1.29 is 13.2 Å². The van der Waals surface area contributed by atoms with Crippen LogP contribution in [0.5, 0.6) is 0 Å². The van der Waals surface area contributed by atoms with Crippen molar-refractivity contribution >= 4 is 11.6 Å². The number of nitroso groups, excluding NO2 is 1. The summed E-state index contributed by atoms with van der Waals surface area (Å²) in [7, 11) is 0. The Balaban J connectivity index is 3.14. The van der Waals surface area contributed by atoms with Crippen molar-refractivity contribution in [2.45, 2.75) is 19.1 Å². The minimum absolute atomic E-state index is 0.0414. The maximum atomic E-state index is 12.2. The van der Waals surface area contributed by atoms with Crippen LogP contribution in [0.15, 0.2) is 17.4 Å². The van der Waals surface area contributed by atoms with Crippen LogP contribution in [0, 0.1) is 4.91 Å². The van der Waals surface area contributed by atoms with Crippen LogP contribution in [0.4, 0.5) is 13.2 Å². The molecule has 0 saturated heterocycles. The van der Waals surface area contributed by atoms with Gasteiger partial charge in [0.05, 0.1) is 16.3 Å². The molecule has 0 aliphatic rings. The van der Waals surface area contributed by atoms with Crippen LogP contribution in [-0.2, 0) is 6.18 Å². The molecule has 0 amide bonds. The van der Waals surface area contributed by atoms with E-state index >= 15 is 0 Å². The summed E-state index contributed by atoms with van der Waals surface area (Å²) < 4.78 is 36.6. The highest BCUT2D eigenvalue weighted by molar-refractivity contribution is 6.31. The number of rotatable bonds is 2. The molecule has 0 bridgehead atoms. The maximum absolute atomic E-state index is 12.2. The summed E-state index contributed by atoms with van der Waals surface area (Å²) >= 11 is 5.55. The third-order valence-corrected chi connectivity index (χ3v) is 2.05. The highest BCUT2D eigenvalue weighted by Crippen LogP contribution is 2.32. The quantitative estimate of drug-likeness (QED) is 0.739. The van der Waals surface area contributed by atoms with Crippen LogP contribution in [0.1, 0.15) is 24.2 Å². The molecule has 15 heavy (non-hydrogen) atoms. The lowest BCUT2D eigenvalue weighted by atomic mass is 10.2. The van der Waals surface area contributed by atoms with Gasteiger partial charge in [0, 0.05) is 6.20 Å². The summed E-state index contributed by atoms with van der Waals surface area (Å²) in [6.07, 6.45) is -3.87. The van der Waals surface area contributed by atoms with Crippen LogP contribution in [0.3, 0.4) is 0 Å². The fraction of sp³-hybridized carbons (Fsp3) is 0.375. The molecule has 1 atom stereocenters. The van der Waals surface area contributed by atoms with E-state index in [0.29, 0.717) is 6.20 Å². The first-order valence-corrected chi connectivity index (χ1v) is 4.29. The molecular weight excluding hydrogens is 233 g/mol. The van der Waals surface area contributed by atoms with E-state index in [4.69, 9.17) is 11.6 Å². The van der Waals surface area contributed by atoms with E-state index in [0.717, 1.165) is 6.07 Å². The van der Waals surface area contributed by atoms with Crippen molar-refractivity contribution in [2.75, 3.05) is 0 Å². The Hall–Kier alpha value is -1.17. The zero-order valence-corrected chi connectivity index (χ0v) is 8.30. The van der Waals surface area contributed by atoms with Gasteiger partial charge < -0.3 is 0 Å². The summed E-state index contributed by atoms with van der Waals surface area (Å²) in [5.74, 6) is 0. The van der Waals surface area contributed by atoms with Gasteiger partial charge in [-0.1, -0.05) is 16.8 Å². The fourth-order valence-electron chi connectivity index (χ4n) is 0.961. The molecular formula is C8H6ClF3N2O. The van der Waals surface area contributed by atoms with E-state index < -0.39 is 17.8 Å². The lowest BCUT2D eigenvalue weighted by Gasteiger charge is -2.09. The highest BCUT2D eigenvalue weighted by atomic mass is 35.5. The Labute approximate surface area is 88.2 Å². The predicted octanol–water partition coefficient (Wildman–Crippen LogP) is 3.58. The number of alkyl halides is 3. The van der Waals surface area contributed by atoms with Gasteiger partial charge in [0.2, 0.25) is 0 Å². The Morgan fingerprint density at radius 1 is 1.53 bits per heavy atom. The first-order valence-electron chi connectivity index (χ1n) is 3.91. The van der Waals surface area contributed by atoms with Crippen LogP contribution in [0.2, 0.25) is 5.02 Å². The average molecular weight is 239 g/mol. The Bertz CT molecular complexity index is 381. The number of aromatic nitrogens is 1. The topological polar surface area (TPSA) is 42.3 Å². The van der Waals surface area contributed by atoms with Gasteiger partial charge in [-0.15, -0.1) is 0 Å². The predicted molar refractivity (Wildman–Crippen MR) is 48.5 cm³/mol. The maximum Gasteiger partial charge on any atom is 0.417 e. The zero-order valence-electron chi connectivity index (χ0n) is 7.55. The largest absolute Gasteiger partial charge is 0.417 e. The molecule has 0 N–H and O–H groups in total. The van der Waals surface area contributed by atoms with E-state index in [2.05, 4.69) is 10.2 Å². The standard InChI is InChI=1S/C8H6ClF3N2O/c1-4(14-15)7-6(9)2-5(3-13-7)8(10,11)12/h2-4H,1H3. The van der Waals surface area contributed by atoms with Gasteiger partial charge in [0.15, 0.2) is 0 Å². The monoisotopic (exact) mass is 238 g/mol. The van der Waals surface area contributed by atoms with E-state index in [9.17, 15) is 18.1 Å². The molecule has 82 valence electrons. The molecule has 0 saturated carbocycles. The summed E-state index contributed by atoms with van der Waals surface area (Å²) in [5, 5.41) is 2.42. The average Bonchev–Trinajstić information content (AvgIpc) is 2.15. The van der Waals surface area contributed by atoms with Gasteiger partial charge >= 0.3 is 6.18 Å². The molecule has 1 heterocycles. The molecule has 1 rings (SSSR count). The van der Waals surface area contributed by atoms with Gasteiger partial charge in [-0.25, -0.2) is 0 Å². The van der Waals surface area contributed by atoms with E-state index in [1.54, 1.807) is 0 Å². The molecule has 7 heteroatoms. The molecule has 0 fully saturated rings. The Morgan fingerprint density at radius 3 is 2.53 bits per heavy atom. The van der Waals surface area contributed by atoms with Crippen molar-refractivity contribution in [2.24, 2.45) is 5.18 Å². The normalized spacial score (nSPS) is 13.7. The second-order valence-electron chi connectivity index (χ2n) is 2.87. The number of halogens is 4. The van der Waals surface area contributed by atoms with Crippen molar-refractivity contribution in [3.8, 4) is 0 Å². The fourth-order valence-corrected chi connectivity index (χ4v) is 1.29. The van der Waals surface area contributed by atoms with Crippen molar-refractivity contribution in [1.29, 1.82) is 0 Å². The number of hydrogen-bond acceptors (Lipinski definition) is 3.